The minimum atomic E-state index is 0.578. The molecule has 1 aromatic heterocycles. The summed E-state index contributed by atoms with van der Waals surface area (Å²) < 4.78 is 0. The van der Waals surface area contributed by atoms with Crippen LogP contribution in [-0.2, 0) is 6.42 Å². The second-order valence-electron chi connectivity index (χ2n) is 4.78. The zero-order chi connectivity index (χ0) is 10.7. The van der Waals surface area contributed by atoms with Gasteiger partial charge in [-0.2, -0.15) is 0 Å². The number of pyridine rings is 1. The molecule has 1 heterocycles. The van der Waals surface area contributed by atoms with Crippen molar-refractivity contribution in [2.75, 3.05) is 0 Å². The lowest BCUT2D eigenvalue weighted by atomic mass is 9.99. The van der Waals surface area contributed by atoms with Crippen molar-refractivity contribution in [2.24, 2.45) is 5.92 Å². The van der Waals surface area contributed by atoms with E-state index in [1.807, 2.05) is 6.20 Å². The van der Waals surface area contributed by atoms with E-state index in [0.29, 0.717) is 11.8 Å². The van der Waals surface area contributed by atoms with Gasteiger partial charge >= 0.3 is 0 Å². The topological polar surface area (TPSA) is 12.9 Å². The van der Waals surface area contributed by atoms with Crippen LogP contribution in [0.5, 0.6) is 0 Å². The predicted octanol–water partition coefficient (Wildman–Crippen LogP) is 3.71. The first-order valence-corrected chi connectivity index (χ1v) is 5.46. The van der Waals surface area contributed by atoms with Crippen LogP contribution in [0.2, 0.25) is 0 Å². The second kappa shape index (κ2) is 4.59. The van der Waals surface area contributed by atoms with Gasteiger partial charge in [0.2, 0.25) is 0 Å². The summed E-state index contributed by atoms with van der Waals surface area (Å²) in [6.45, 7) is 11.0. The lowest BCUT2D eigenvalue weighted by Gasteiger charge is -2.11. The molecule has 0 saturated carbocycles. The molecular weight excluding hydrogens is 170 g/mol. The van der Waals surface area contributed by atoms with Crippen molar-refractivity contribution in [2.45, 2.75) is 47.0 Å². The molecule has 0 bridgehead atoms. The molecule has 0 N–H and O–H groups in total. The SMILES string of the molecule is Cc1cc(C(C)C)cnc1CC(C)C. The first-order valence-electron chi connectivity index (χ1n) is 5.46. The Balaban J connectivity index is 2.90. The Morgan fingerprint density at radius 1 is 1.21 bits per heavy atom. The maximum Gasteiger partial charge on any atom is 0.0435 e. The van der Waals surface area contributed by atoms with Crippen LogP contribution in [0.1, 0.15) is 50.4 Å². The Morgan fingerprint density at radius 2 is 1.86 bits per heavy atom. The summed E-state index contributed by atoms with van der Waals surface area (Å²) in [5.74, 6) is 1.26. The monoisotopic (exact) mass is 191 g/mol. The summed E-state index contributed by atoms with van der Waals surface area (Å²) >= 11 is 0. The van der Waals surface area contributed by atoms with Crippen molar-refractivity contribution in [3.05, 3.63) is 29.1 Å². The molecule has 1 rings (SSSR count). The molecule has 0 saturated heterocycles. The summed E-state index contributed by atoms with van der Waals surface area (Å²) in [4.78, 5) is 4.54. The number of aromatic nitrogens is 1. The van der Waals surface area contributed by atoms with Gasteiger partial charge in [-0.3, -0.25) is 4.98 Å². The van der Waals surface area contributed by atoms with Gasteiger partial charge < -0.3 is 0 Å². The van der Waals surface area contributed by atoms with E-state index in [1.165, 1.54) is 16.8 Å². The van der Waals surface area contributed by atoms with Crippen molar-refractivity contribution < 1.29 is 0 Å². The fourth-order valence-corrected chi connectivity index (χ4v) is 1.54. The number of hydrogen-bond acceptors (Lipinski definition) is 1. The van der Waals surface area contributed by atoms with Gasteiger partial charge in [-0.25, -0.2) is 0 Å². The van der Waals surface area contributed by atoms with Gasteiger partial charge in [0.15, 0.2) is 0 Å². The molecule has 14 heavy (non-hydrogen) atoms. The Morgan fingerprint density at radius 3 is 2.29 bits per heavy atom. The zero-order valence-corrected chi connectivity index (χ0v) is 9.96. The Bertz CT molecular complexity index is 300. The Hall–Kier alpha value is -0.850. The van der Waals surface area contributed by atoms with Gasteiger partial charge in [0.05, 0.1) is 0 Å². The van der Waals surface area contributed by atoms with E-state index in [1.54, 1.807) is 0 Å². The number of hydrogen-bond donors (Lipinski definition) is 0. The molecule has 0 unspecified atom stereocenters. The summed E-state index contributed by atoms with van der Waals surface area (Å²) in [6, 6.07) is 2.27. The molecule has 1 aromatic rings. The highest BCUT2D eigenvalue weighted by Gasteiger charge is 2.06. The van der Waals surface area contributed by atoms with E-state index in [0.717, 1.165) is 6.42 Å². The lowest BCUT2D eigenvalue weighted by molar-refractivity contribution is 0.631. The molecule has 0 radical (unpaired) electrons. The van der Waals surface area contributed by atoms with Gasteiger partial charge in [-0.1, -0.05) is 33.8 Å². The number of nitrogens with zero attached hydrogens (tertiary/aromatic N) is 1. The van der Waals surface area contributed by atoms with E-state index < -0.39 is 0 Å². The quantitative estimate of drug-likeness (QED) is 0.709. The maximum absolute atomic E-state index is 4.54. The molecule has 0 atom stereocenters. The number of rotatable bonds is 3. The van der Waals surface area contributed by atoms with Crippen LogP contribution in [-0.4, -0.2) is 4.98 Å². The van der Waals surface area contributed by atoms with E-state index in [2.05, 4.69) is 45.7 Å². The highest BCUT2D eigenvalue weighted by atomic mass is 14.7. The third kappa shape index (κ3) is 2.83. The van der Waals surface area contributed by atoms with Crippen LogP contribution in [0.15, 0.2) is 12.3 Å². The Kier molecular flexibility index (Phi) is 3.68. The zero-order valence-electron chi connectivity index (χ0n) is 9.96. The minimum Gasteiger partial charge on any atom is -0.261 e. The lowest BCUT2D eigenvalue weighted by Crippen LogP contribution is -2.01. The van der Waals surface area contributed by atoms with Crippen molar-refractivity contribution in [1.29, 1.82) is 0 Å². The predicted molar refractivity (Wildman–Crippen MR) is 61.6 cm³/mol. The third-order valence-electron chi connectivity index (χ3n) is 2.48. The third-order valence-corrected chi connectivity index (χ3v) is 2.48. The number of aryl methyl sites for hydroxylation is 1. The average molecular weight is 191 g/mol. The molecule has 0 fully saturated rings. The first-order chi connectivity index (χ1) is 6.50. The summed E-state index contributed by atoms with van der Waals surface area (Å²) in [5, 5.41) is 0. The van der Waals surface area contributed by atoms with Crippen molar-refractivity contribution in [3.8, 4) is 0 Å². The summed E-state index contributed by atoms with van der Waals surface area (Å²) in [6.07, 6.45) is 3.11. The summed E-state index contributed by atoms with van der Waals surface area (Å²) in [7, 11) is 0. The molecule has 0 aliphatic rings. The van der Waals surface area contributed by atoms with Gasteiger partial charge in [0.25, 0.3) is 0 Å². The average Bonchev–Trinajstić information content (AvgIpc) is 2.07. The van der Waals surface area contributed by atoms with Gasteiger partial charge in [-0.05, 0) is 36.3 Å². The van der Waals surface area contributed by atoms with Crippen LogP contribution < -0.4 is 0 Å². The van der Waals surface area contributed by atoms with Gasteiger partial charge in [0, 0.05) is 11.9 Å². The Labute approximate surface area is 87.6 Å². The normalized spacial score (nSPS) is 11.4. The van der Waals surface area contributed by atoms with E-state index in [9.17, 15) is 0 Å². The highest BCUT2D eigenvalue weighted by molar-refractivity contribution is 5.26. The molecule has 0 aromatic carbocycles. The highest BCUT2D eigenvalue weighted by Crippen LogP contribution is 2.17. The van der Waals surface area contributed by atoms with Crippen LogP contribution in [0, 0.1) is 12.8 Å². The first kappa shape index (κ1) is 11.2. The molecule has 0 aliphatic carbocycles. The molecular formula is C13H21N. The fourth-order valence-electron chi connectivity index (χ4n) is 1.54. The van der Waals surface area contributed by atoms with E-state index in [4.69, 9.17) is 0 Å². The van der Waals surface area contributed by atoms with Crippen LogP contribution in [0.25, 0.3) is 0 Å². The molecule has 1 heteroatoms. The maximum atomic E-state index is 4.54. The van der Waals surface area contributed by atoms with Crippen molar-refractivity contribution >= 4 is 0 Å². The van der Waals surface area contributed by atoms with Crippen LogP contribution in [0.3, 0.4) is 0 Å². The minimum absolute atomic E-state index is 0.578. The van der Waals surface area contributed by atoms with Gasteiger partial charge in [-0.15, -0.1) is 0 Å². The largest absolute Gasteiger partial charge is 0.261 e. The standard InChI is InChI=1S/C13H21N/c1-9(2)6-13-11(5)7-12(8-14-13)10(3)4/h7-10H,6H2,1-5H3. The molecule has 1 nitrogen and oxygen atoms in total. The van der Waals surface area contributed by atoms with Crippen molar-refractivity contribution in [1.82, 2.24) is 4.98 Å². The molecule has 0 amide bonds. The fraction of sp³-hybridized carbons (Fsp3) is 0.615. The second-order valence-corrected chi connectivity index (χ2v) is 4.78. The molecule has 0 spiro atoms. The summed E-state index contributed by atoms with van der Waals surface area (Å²) in [5.41, 5.74) is 3.93. The van der Waals surface area contributed by atoms with Gasteiger partial charge in [0.1, 0.15) is 0 Å². The van der Waals surface area contributed by atoms with E-state index >= 15 is 0 Å². The molecule has 0 aliphatic heterocycles. The molecule has 78 valence electrons. The van der Waals surface area contributed by atoms with Crippen LogP contribution >= 0.6 is 0 Å². The smallest absolute Gasteiger partial charge is 0.0435 e. The van der Waals surface area contributed by atoms with Crippen molar-refractivity contribution in [3.63, 3.8) is 0 Å². The van der Waals surface area contributed by atoms with Crippen LogP contribution in [0.4, 0.5) is 0 Å². The van der Waals surface area contributed by atoms with E-state index in [-0.39, 0.29) is 0 Å².